The first-order valence-corrected chi connectivity index (χ1v) is 2.50. The van der Waals surface area contributed by atoms with Gasteiger partial charge in [-0.15, -0.1) is 12.6 Å². The summed E-state index contributed by atoms with van der Waals surface area (Å²) in [6.07, 6.45) is 2.41. The van der Waals surface area contributed by atoms with E-state index in [1.165, 1.54) is 6.08 Å². The van der Waals surface area contributed by atoms with Crippen LogP contribution in [0, 0.1) is 0 Å². The van der Waals surface area contributed by atoms with E-state index in [-0.39, 0.29) is 4.91 Å². The molecule has 0 unspecified atom stereocenters. The van der Waals surface area contributed by atoms with Crippen LogP contribution in [0.4, 0.5) is 4.39 Å². The predicted molar refractivity (Wildman–Crippen MR) is 37.5 cm³/mol. The Morgan fingerprint density at radius 1 is 1.38 bits per heavy atom. The van der Waals surface area contributed by atoms with Crippen molar-refractivity contribution in [1.82, 2.24) is 0 Å². The van der Waals surface area contributed by atoms with Crippen molar-refractivity contribution in [2.45, 2.75) is 0 Å². The molecule has 0 aromatic rings. The quantitative estimate of drug-likeness (QED) is 0.431. The first kappa shape index (κ1) is 7.50. The van der Waals surface area contributed by atoms with Gasteiger partial charge in [0.25, 0.3) is 0 Å². The van der Waals surface area contributed by atoms with Crippen LogP contribution >= 0.6 is 12.6 Å². The highest BCUT2D eigenvalue weighted by Gasteiger charge is 1.88. The third kappa shape index (κ3) is 1.98. The fourth-order valence-corrected chi connectivity index (χ4v) is 0.293. The van der Waals surface area contributed by atoms with Crippen LogP contribution in [-0.4, -0.2) is 0 Å². The Balaban J connectivity index is 4.25. The van der Waals surface area contributed by atoms with Crippen LogP contribution in [0.5, 0.6) is 0 Å². The van der Waals surface area contributed by atoms with Crippen LogP contribution in [0.3, 0.4) is 0 Å². The fraction of sp³-hybridized carbons (Fsp3) is 0. The van der Waals surface area contributed by atoms with Gasteiger partial charge in [-0.3, -0.25) is 0 Å². The average molecular weight is 130 g/mol. The van der Waals surface area contributed by atoms with Gasteiger partial charge in [0.05, 0.1) is 0 Å². The highest BCUT2D eigenvalue weighted by molar-refractivity contribution is 7.84. The zero-order chi connectivity index (χ0) is 6.57. The summed E-state index contributed by atoms with van der Waals surface area (Å²) in [5.74, 6) is -0.441. The lowest BCUT2D eigenvalue weighted by Crippen LogP contribution is -1.66. The van der Waals surface area contributed by atoms with E-state index in [0.29, 0.717) is 0 Å². The molecular formula is C6H7FS. The Kier molecular flexibility index (Phi) is 3.28. The highest BCUT2D eigenvalue weighted by atomic mass is 32.1. The van der Waals surface area contributed by atoms with Crippen molar-refractivity contribution in [2.75, 3.05) is 0 Å². The lowest BCUT2D eigenvalue weighted by Gasteiger charge is -1.86. The van der Waals surface area contributed by atoms with Crippen molar-refractivity contribution in [3.05, 3.63) is 36.0 Å². The summed E-state index contributed by atoms with van der Waals surface area (Å²) in [6.45, 7) is 6.51. The van der Waals surface area contributed by atoms with Gasteiger partial charge < -0.3 is 0 Å². The summed E-state index contributed by atoms with van der Waals surface area (Å²) in [5.41, 5.74) is 0. The van der Waals surface area contributed by atoms with Crippen LogP contribution in [0.2, 0.25) is 0 Å². The second kappa shape index (κ2) is 3.50. The monoisotopic (exact) mass is 130 g/mol. The Morgan fingerprint density at radius 2 is 1.88 bits per heavy atom. The van der Waals surface area contributed by atoms with Crippen molar-refractivity contribution >= 4 is 12.6 Å². The minimum absolute atomic E-state index is 0.222. The molecule has 0 nitrogen and oxygen atoms in total. The molecule has 0 aromatic carbocycles. The standard InChI is InChI=1S/C6H7FS/c1-3-5(7)6(8)4-2/h3-4,8H,1-2H2/b6-5-. The molecule has 0 aromatic heterocycles. The molecule has 0 aliphatic rings. The molecule has 0 rings (SSSR count). The molecule has 0 amide bonds. The predicted octanol–water partition coefficient (Wildman–Crippen LogP) is 2.47. The molecule has 0 bridgehead atoms. The van der Waals surface area contributed by atoms with Crippen LogP contribution in [0.15, 0.2) is 36.0 Å². The zero-order valence-electron chi connectivity index (χ0n) is 4.39. The summed E-state index contributed by atoms with van der Waals surface area (Å²) in [5, 5.41) is 0. The van der Waals surface area contributed by atoms with Crippen molar-refractivity contribution in [1.29, 1.82) is 0 Å². The van der Waals surface area contributed by atoms with Gasteiger partial charge in [-0.1, -0.05) is 19.2 Å². The van der Waals surface area contributed by atoms with Crippen molar-refractivity contribution in [3.8, 4) is 0 Å². The van der Waals surface area contributed by atoms with Crippen LogP contribution < -0.4 is 0 Å². The number of hydrogen-bond acceptors (Lipinski definition) is 1. The molecule has 0 heterocycles. The number of hydrogen-bond donors (Lipinski definition) is 1. The van der Waals surface area contributed by atoms with Crippen LogP contribution in [0.1, 0.15) is 0 Å². The second-order valence-corrected chi connectivity index (χ2v) is 1.62. The summed E-state index contributed by atoms with van der Waals surface area (Å²) >= 11 is 3.72. The van der Waals surface area contributed by atoms with Crippen molar-refractivity contribution < 1.29 is 4.39 Å². The van der Waals surface area contributed by atoms with E-state index in [4.69, 9.17) is 0 Å². The summed E-state index contributed by atoms with van der Waals surface area (Å²) in [7, 11) is 0. The maximum absolute atomic E-state index is 12.1. The minimum Gasteiger partial charge on any atom is -0.206 e. The number of rotatable bonds is 2. The smallest absolute Gasteiger partial charge is 0.135 e. The third-order valence-electron chi connectivity index (χ3n) is 0.617. The fourth-order valence-electron chi connectivity index (χ4n) is 0.202. The zero-order valence-corrected chi connectivity index (χ0v) is 5.29. The lowest BCUT2D eigenvalue weighted by molar-refractivity contribution is 0.666. The molecule has 2 heteroatoms. The van der Waals surface area contributed by atoms with E-state index in [0.717, 1.165) is 6.08 Å². The van der Waals surface area contributed by atoms with Gasteiger partial charge in [-0.2, -0.15) is 0 Å². The lowest BCUT2D eigenvalue weighted by atomic mass is 10.4. The first-order valence-electron chi connectivity index (χ1n) is 2.06. The summed E-state index contributed by atoms with van der Waals surface area (Å²) in [6, 6.07) is 0. The molecule has 0 atom stereocenters. The summed E-state index contributed by atoms with van der Waals surface area (Å²) < 4.78 is 12.1. The topological polar surface area (TPSA) is 0 Å². The van der Waals surface area contributed by atoms with Crippen LogP contribution in [0.25, 0.3) is 0 Å². The largest absolute Gasteiger partial charge is 0.206 e. The van der Waals surface area contributed by atoms with E-state index in [9.17, 15) is 4.39 Å². The molecular weight excluding hydrogens is 123 g/mol. The average Bonchev–Trinajstić information content (AvgIpc) is 1.84. The molecule has 0 saturated carbocycles. The number of thiol groups is 1. The maximum Gasteiger partial charge on any atom is 0.135 e. The van der Waals surface area contributed by atoms with E-state index in [1.54, 1.807) is 0 Å². The normalized spacial score (nSPS) is 12.2. The van der Waals surface area contributed by atoms with Gasteiger partial charge in [-0.05, 0) is 6.08 Å². The van der Waals surface area contributed by atoms with Gasteiger partial charge in [-0.25, -0.2) is 4.39 Å². The second-order valence-electron chi connectivity index (χ2n) is 1.14. The first-order chi connectivity index (χ1) is 3.72. The van der Waals surface area contributed by atoms with Crippen molar-refractivity contribution in [3.63, 3.8) is 0 Å². The minimum atomic E-state index is -0.441. The molecule has 44 valence electrons. The molecule has 8 heavy (non-hydrogen) atoms. The van der Waals surface area contributed by atoms with Gasteiger partial charge in [0.15, 0.2) is 0 Å². The van der Waals surface area contributed by atoms with E-state index < -0.39 is 5.83 Å². The molecule has 0 saturated heterocycles. The SMILES string of the molecule is C=C/C(F)=C(/S)C=C. The third-order valence-corrected chi connectivity index (χ3v) is 1.01. The Morgan fingerprint density at radius 3 is 2.00 bits per heavy atom. The molecule has 0 aliphatic heterocycles. The molecule has 0 radical (unpaired) electrons. The van der Waals surface area contributed by atoms with Gasteiger partial charge >= 0.3 is 0 Å². The molecule has 0 aliphatic carbocycles. The van der Waals surface area contributed by atoms with Gasteiger partial charge in [0, 0.05) is 4.91 Å². The van der Waals surface area contributed by atoms with E-state index in [2.05, 4.69) is 25.8 Å². The molecule has 0 spiro atoms. The molecule has 0 fully saturated rings. The van der Waals surface area contributed by atoms with E-state index in [1.807, 2.05) is 0 Å². The van der Waals surface area contributed by atoms with E-state index >= 15 is 0 Å². The van der Waals surface area contributed by atoms with Gasteiger partial charge in [0.1, 0.15) is 5.83 Å². The Bertz CT molecular complexity index is 119. The Labute approximate surface area is 53.8 Å². The molecule has 0 N–H and O–H groups in total. The Hall–Kier alpha value is -0.500. The summed E-state index contributed by atoms with van der Waals surface area (Å²) in [4.78, 5) is 0.222. The van der Waals surface area contributed by atoms with Crippen LogP contribution in [-0.2, 0) is 0 Å². The number of allylic oxidation sites excluding steroid dienone is 3. The highest BCUT2D eigenvalue weighted by Crippen LogP contribution is 2.10. The number of halogens is 1. The van der Waals surface area contributed by atoms with Crippen molar-refractivity contribution in [2.24, 2.45) is 0 Å². The van der Waals surface area contributed by atoms with Gasteiger partial charge in [0.2, 0.25) is 0 Å². The maximum atomic E-state index is 12.1.